The van der Waals surface area contributed by atoms with E-state index in [0.717, 1.165) is 6.42 Å². The molecular formula is C12H21N3O4. The van der Waals surface area contributed by atoms with Crippen molar-refractivity contribution < 1.29 is 19.8 Å². The number of nitrogens with zero attached hydrogens (tertiary/aromatic N) is 2. The second-order valence-corrected chi connectivity index (χ2v) is 5.23. The van der Waals surface area contributed by atoms with E-state index < -0.39 is 11.5 Å². The molecule has 1 amide bonds. The minimum absolute atomic E-state index is 0.0548. The number of hydrogen-bond acceptors (Lipinski definition) is 5. The summed E-state index contributed by atoms with van der Waals surface area (Å²) in [6.07, 6.45) is 1.82. The highest BCUT2D eigenvalue weighted by molar-refractivity contribution is 6.06. The van der Waals surface area contributed by atoms with Gasteiger partial charge >= 0.3 is 0 Å². The second kappa shape index (κ2) is 5.75. The lowest BCUT2D eigenvalue weighted by Crippen LogP contribution is -2.56. The van der Waals surface area contributed by atoms with Crippen LogP contribution in [0.5, 0.6) is 0 Å². The maximum absolute atomic E-state index is 12.7. The molecule has 4 N–H and O–H groups in total. The number of oxime groups is 1. The predicted octanol–water partition coefficient (Wildman–Crippen LogP) is -0.487. The maximum atomic E-state index is 12.7. The number of β-amino-alcohol motifs (C(OH)–C–C–N with tert-alkyl or cyclic N) is 1. The third kappa shape index (κ3) is 2.66. The zero-order chi connectivity index (χ0) is 13.9. The van der Waals surface area contributed by atoms with Gasteiger partial charge in [0.05, 0.1) is 6.10 Å². The number of piperidine rings is 1. The van der Waals surface area contributed by atoms with Gasteiger partial charge in [0.25, 0.3) is 0 Å². The van der Waals surface area contributed by atoms with Crippen LogP contribution >= 0.6 is 0 Å². The zero-order valence-corrected chi connectivity index (χ0v) is 10.9. The third-order valence-electron chi connectivity index (χ3n) is 4.04. The number of likely N-dealkylation sites (tertiary alicyclic amines) is 1. The van der Waals surface area contributed by atoms with E-state index in [-0.39, 0.29) is 11.7 Å². The van der Waals surface area contributed by atoms with E-state index in [4.69, 9.17) is 15.7 Å². The van der Waals surface area contributed by atoms with Gasteiger partial charge < -0.3 is 25.7 Å². The van der Waals surface area contributed by atoms with Crippen LogP contribution in [0.1, 0.15) is 25.7 Å². The highest BCUT2D eigenvalue weighted by atomic mass is 16.5. The number of carbonyl (C=O) groups excluding carboxylic acids is 1. The second-order valence-electron chi connectivity index (χ2n) is 5.23. The van der Waals surface area contributed by atoms with Gasteiger partial charge in [-0.3, -0.25) is 4.79 Å². The van der Waals surface area contributed by atoms with E-state index in [2.05, 4.69) is 5.16 Å². The van der Waals surface area contributed by atoms with Crippen molar-refractivity contribution in [2.24, 2.45) is 16.3 Å². The number of carbonyl (C=O) groups is 1. The normalized spacial score (nSPS) is 28.2. The smallest absolute Gasteiger partial charge is 0.236 e. The van der Waals surface area contributed by atoms with Crippen LogP contribution in [0, 0.1) is 5.41 Å². The Labute approximate surface area is 112 Å². The van der Waals surface area contributed by atoms with Crippen LogP contribution in [0.2, 0.25) is 0 Å². The molecule has 2 heterocycles. The summed E-state index contributed by atoms with van der Waals surface area (Å²) < 4.78 is 5.27. The molecular weight excluding hydrogens is 250 g/mol. The standard InChI is InChI=1S/C12H21N3O4/c13-10(14-18)12(3-6-19-7-4-12)11(17)15-5-1-2-9(16)8-15/h9,16,18H,1-8H2,(H2,13,14). The molecule has 0 saturated carbocycles. The topological polar surface area (TPSA) is 108 Å². The summed E-state index contributed by atoms with van der Waals surface area (Å²) in [5, 5.41) is 21.7. The first-order valence-electron chi connectivity index (χ1n) is 6.63. The number of hydrogen-bond donors (Lipinski definition) is 3. The Balaban J connectivity index is 2.20. The fraction of sp³-hybridized carbons (Fsp3) is 0.833. The van der Waals surface area contributed by atoms with Gasteiger partial charge in [-0.05, 0) is 25.7 Å². The monoisotopic (exact) mass is 271 g/mol. The summed E-state index contributed by atoms with van der Waals surface area (Å²) in [5.74, 6) is -0.217. The quantitative estimate of drug-likeness (QED) is 0.272. The van der Waals surface area contributed by atoms with Gasteiger partial charge in [0.1, 0.15) is 5.41 Å². The lowest BCUT2D eigenvalue weighted by atomic mass is 9.77. The highest BCUT2D eigenvalue weighted by Gasteiger charge is 2.47. The lowest BCUT2D eigenvalue weighted by molar-refractivity contribution is -0.145. The Morgan fingerprint density at radius 3 is 2.68 bits per heavy atom. The molecule has 0 aromatic rings. The molecule has 108 valence electrons. The SMILES string of the molecule is NC(=NO)C1(C(=O)N2CCCC(O)C2)CCOCC1. The minimum Gasteiger partial charge on any atom is -0.409 e. The molecule has 2 rings (SSSR count). The van der Waals surface area contributed by atoms with Crippen molar-refractivity contribution in [2.45, 2.75) is 31.8 Å². The van der Waals surface area contributed by atoms with E-state index in [1.165, 1.54) is 0 Å². The molecule has 1 atom stereocenters. The van der Waals surface area contributed by atoms with Crippen LogP contribution in [-0.2, 0) is 9.53 Å². The van der Waals surface area contributed by atoms with E-state index in [0.29, 0.717) is 45.6 Å². The maximum Gasteiger partial charge on any atom is 0.236 e. The van der Waals surface area contributed by atoms with E-state index in [1.807, 2.05) is 0 Å². The Kier molecular flexibility index (Phi) is 4.26. The molecule has 1 unspecified atom stereocenters. The average Bonchev–Trinajstić information content (AvgIpc) is 2.46. The first kappa shape index (κ1) is 14.1. The molecule has 0 aliphatic carbocycles. The first-order valence-corrected chi connectivity index (χ1v) is 6.63. The zero-order valence-electron chi connectivity index (χ0n) is 10.9. The molecule has 7 nitrogen and oxygen atoms in total. The molecule has 0 aromatic carbocycles. The van der Waals surface area contributed by atoms with Crippen molar-refractivity contribution in [1.82, 2.24) is 4.90 Å². The summed E-state index contributed by atoms with van der Waals surface area (Å²) in [4.78, 5) is 14.3. The largest absolute Gasteiger partial charge is 0.409 e. The van der Waals surface area contributed by atoms with Gasteiger partial charge in [-0.25, -0.2) is 0 Å². The van der Waals surface area contributed by atoms with Gasteiger partial charge in [0.2, 0.25) is 5.91 Å². The van der Waals surface area contributed by atoms with Gasteiger partial charge in [-0.1, -0.05) is 5.16 Å². The molecule has 19 heavy (non-hydrogen) atoms. The van der Waals surface area contributed by atoms with Crippen molar-refractivity contribution in [3.63, 3.8) is 0 Å². The van der Waals surface area contributed by atoms with Crippen molar-refractivity contribution in [3.05, 3.63) is 0 Å². The summed E-state index contributed by atoms with van der Waals surface area (Å²) in [6, 6.07) is 0. The fourth-order valence-corrected chi connectivity index (χ4v) is 2.84. The van der Waals surface area contributed by atoms with Crippen molar-refractivity contribution in [2.75, 3.05) is 26.3 Å². The number of nitrogens with two attached hydrogens (primary N) is 1. The molecule has 0 bridgehead atoms. The Hall–Kier alpha value is -1.34. The van der Waals surface area contributed by atoms with Crippen LogP contribution in [-0.4, -0.2) is 59.4 Å². The minimum atomic E-state index is -0.982. The van der Waals surface area contributed by atoms with Crippen molar-refractivity contribution >= 4 is 11.7 Å². The summed E-state index contributed by atoms with van der Waals surface area (Å²) >= 11 is 0. The van der Waals surface area contributed by atoms with Crippen molar-refractivity contribution in [3.8, 4) is 0 Å². The van der Waals surface area contributed by atoms with Gasteiger partial charge in [-0.15, -0.1) is 0 Å². The highest BCUT2D eigenvalue weighted by Crippen LogP contribution is 2.34. The van der Waals surface area contributed by atoms with E-state index >= 15 is 0 Å². The Bertz CT molecular complexity index is 366. The Morgan fingerprint density at radius 1 is 1.42 bits per heavy atom. The molecule has 0 spiro atoms. The molecule has 0 radical (unpaired) electrons. The predicted molar refractivity (Wildman–Crippen MR) is 67.7 cm³/mol. The van der Waals surface area contributed by atoms with Crippen LogP contribution < -0.4 is 5.73 Å². The molecule has 7 heteroatoms. The molecule has 0 aromatic heterocycles. The molecule has 2 aliphatic rings. The van der Waals surface area contributed by atoms with Gasteiger partial charge in [-0.2, -0.15) is 0 Å². The van der Waals surface area contributed by atoms with E-state index in [9.17, 15) is 9.90 Å². The third-order valence-corrected chi connectivity index (χ3v) is 4.04. The van der Waals surface area contributed by atoms with Crippen molar-refractivity contribution in [1.29, 1.82) is 0 Å². The fourth-order valence-electron chi connectivity index (χ4n) is 2.84. The molecule has 2 saturated heterocycles. The summed E-state index contributed by atoms with van der Waals surface area (Å²) in [7, 11) is 0. The number of aliphatic hydroxyl groups excluding tert-OH is 1. The first-order chi connectivity index (χ1) is 9.10. The van der Waals surface area contributed by atoms with E-state index in [1.54, 1.807) is 4.90 Å². The number of aliphatic hydroxyl groups is 1. The molecule has 2 fully saturated rings. The average molecular weight is 271 g/mol. The molecule has 2 aliphatic heterocycles. The van der Waals surface area contributed by atoms with Crippen LogP contribution in [0.25, 0.3) is 0 Å². The van der Waals surface area contributed by atoms with Crippen LogP contribution in [0.15, 0.2) is 5.16 Å². The van der Waals surface area contributed by atoms with Crippen LogP contribution in [0.4, 0.5) is 0 Å². The number of rotatable bonds is 2. The van der Waals surface area contributed by atoms with Gasteiger partial charge in [0, 0.05) is 26.3 Å². The summed E-state index contributed by atoms with van der Waals surface area (Å²) in [5.41, 5.74) is 4.78. The van der Waals surface area contributed by atoms with Gasteiger partial charge in [0.15, 0.2) is 5.84 Å². The number of ether oxygens (including phenoxy) is 1. The van der Waals surface area contributed by atoms with Crippen LogP contribution in [0.3, 0.4) is 0 Å². The Morgan fingerprint density at radius 2 is 2.11 bits per heavy atom. The lowest BCUT2D eigenvalue weighted by Gasteiger charge is -2.40. The number of amides is 1. The number of amidine groups is 1. The summed E-state index contributed by atoms with van der Waals surface area (Å²) in [6.45, 7) is 1.76.